The van der Waals surface area contributed by atoms with Gasteiger partial charge in [-0.2, -0.15) is 0 Å². The number of fused-ring (bicyclic) bond motifs is 1. The quantitative estimate of drug-likeness (QED) is 0.836. The number of nitrogens with one attached hydrogen (secondary N) is 2. The average Bonchev–Trinajstić information content (AvgIpc) is 2.69. The van der Waals surface area contributed by atoms with Crippen molar-refractivity contribution in [2.45, 2.75) is 6.04 Å². The van der Waals surface area contributed by atoms with Gasteiger partial charge in [0.25, 0.3) is 0 Å². The van der Waals surface area contributed by atoms with E-state index in [4.69, 9.17) is 4.74 Å². The van der Waals surface area contributed by atoms with Crippen molar-refractivity contribution in [3.05, 3.63) is 53.9 Å². The van der Waals surface area contributed by atoms with Crippen LogP contribution in [0.1, 0.15) is 17.2 Å². The van der Waals surface area contributed by atoms with Crippen LogP contribution in [-0.2, 0) is 9.53 Å². The molecule has 25 heavy (non-hydrogen) atoms. The summed E-state index contributed by atoms with van der Waals surface area (Å²) >= 11 is 0. The number of benzene rings is 1. The molecule has 1 fully saturated rings. The third kappa shape index (κ3) is 3.21. The number of nitrogens with zero attached hydrogens (tertiary/aromatic N) is 2. The Morgan fingerprint density at radius 3 is 2.76 bits per heavy atom. The van der Waals surface area contributed by atoms with Gasteiger partial charge in [-0.3, -0.25) is 0 Å². The fourth-order valence-corrected chi connectivity index (χ4v) is 3.21. The number of aromatic nitrogens is 1. The van der Waals surface area contributed by atoms with E-state index >= 15 is 0 Å². The van der Waals surface area contributed by atoms with E-state index in [2.05, 4.69) is 32.7 Å². The molecule has 0 amide bonds. The molecule has 0 spiro atoms. The lowest BCUT2D eigenvalue weighted by Gasteiger charge is -2.29. The minimum absolute atomic E-state index is 0.385. The van der Waals surface area contributed by atoms with Crippen molar-refractivity contribution in [3.8, 4) is 0 Å². The van der Waals surface area contributed by atoms with Gasteiger partial charge in [-0.25, -0.2) is 4.98 Å². The van der Waals surface area contributed by atoms with Crippen LogP contribution in [0.5, 0.6) is 0 Å². The molecule has 6 heteroatoms. The fraction of sp³-hybridized carbons (Fsp3) is 0.263. The van der Waals surface area contributed by atoms with Crippen molar-refractivity contribution >= 4 is 29.6 Å². The van der Waals surface area contributed by atoms with Crippen LogP contribution in [0.25, 0.3) is 6.08 Å². The highest BCUT2D eigenvalue weighted by Crippen LogP contribution is 2.30. The second kappa shape index (κ2) is 6.94. The lowest BCUT2D eigenvalue weighted by atomic mass is 9.99. The van der Waals surface area contributed by atoms with Crippen molar-refractivity contribution in [2.24, 2.45) is 0 Å². The Kier molecular flexibility index (Phi) is 4.35. The van der Waals surface area contributed by atoms with Gasteiger partial charge in [0.05, 0.1) is 13.2 Å². The first-order valence-corrected chi connectivity index (χ1v) is 8.42. The average molecular weight is 336 g/mol. The summed E-state index contributed by atoms with van der Waals surface area (Å²) in [7, 11) is 0. The van der Waals surface area contributed by atoms with E-state index < -0.39 is 0 Å². The Morgan fingerprint density at radius 2 is 2.00 bits per heavy atom. The van der Waals surface area contributed by atoms with Gasteiger partial charge in [0.2, 0.25) is 0 Å². The molecule has 4 rings (SSSR count). The first kappa shape index (κ1) is 15.7. The van der Waals surface area contributed by atoms with Crippen LogP contribution in [0.3, 0.4) is 0 Å². The standard InChI is InChI=1S/C19H20N4O2/c24-13-17-18-14(5-7-20-17)6-8-21-19(18)22-15-1-3-16(4-2-15)23-9-11-25-12-10-23/h1-8,13,17,20H,9-12H2,(H,21,22). The summed E-state index contributed by atoms with van der Waals surface area (Å²) in [6, 6.07) is 9.79. The molecule has 1 aromatic carbocycles. The molecule has 2 N–H and O–H groups in total. The third-order valence-corrected chi connectivity index (χ3v) is 4.52. The number of carbonyl (C=O) groups excluding carboxylic acids is 1. The minimum atomic E-state index is -0.385. The van der Waals surface area contributed by atoms with Crippen molar-refractivity contribution in [3.63, 3.8) is 0 Å². The number of aldehydes is 1. The molecule has 3 heterocycles. The third-order valence-electron chi connectivity index (χ3n) is 4.52. The number of hydrogen-bond acceptors (Lipinski definition) is 6. The zero-order valence-corrected chi connectivity index (χ0v) is 13.8. The first-order chi connectivity index (χ1) is 12.3. The molecule has 0 bridgehead atoms. The van der Waals surface area contributed by atoms with Crippen molar-refractivity contribution < 1.29 is 9.53 Å². The van der Waals surface area contributed by atoms with Gasteiger partial charge in [-0.1, -0.05) is 0 Å². The summed E-state index contributed by atoms with van der Waals surface area (Å²) < 4.78 is 5.40. The van der Waals surface area contributed by atoms with Crippen LogP contribution in [0.15, 0.2) is 42.7 Å². The topological polar surface area (TPSA) is 66.5 Å². The SMILES string of the molecule is O=CC1NC=Cc2ccnc(Nc3ccc(N4CCOCC4)cc3)c21. The second-order valence-electron chi connectivity index (χ2n) is 6.05. The van der Waals surface area contributed by atoms with Gasteiger partial charge in [0, 0.05) is 36.2 Å². The summed E-state index contributed by atoms with van der Waals surface area (Å²) in [6.45, 7) is 3.38. The molecule has 2 aliphatic rings. The maximum atomic E-state index is 11.4. The summed E-state index contributed by atoms with van der Waals surface area (Å²) in [6.07, 6.45) is 6.39. The summed E-state index contributed by atoms with van der Waals surface area (Å²) in [5.41, 5.74) is 4.00. The zero-order chi connectivity index (χ0) is 17.1. The predicted octanol–water partition coefficient (Wildman–Crippen LogP) is 2.48. The normalized spacial score (nSPS) is 19.0. The molecule has 128 valence electrons. The molecule has 0 aliphatic carbocycles. The van der Waals surface area contributed by atoms with Crippen molar-refractivity contribution in [1.29, 1.82) is 0 Å². The maximum Gasteiger partial charge on any atom is 0.146 e. The number of morpholine rings is 1. The molecule has 2 aliphatic heterocycles. The lowest BCUT2D eigenvalue weighted by Crippen LogP contribution is -2.36. The number of rotatable bonds is 4. The molecule has 0 saturated carbocycles. The van der Waals surface area contributed by atoms with Crippen molar-refractivity contribution in [1.82, 2.24) is 10.3 Å². The van der Waals surface area contributed by atoms with Gasteiger partial charge < -0.3 is 25.1 Å². The molecule has 1 unspecified atom stereocenters. The van der Waals surface area contributed by atoms with Crippen LogP contribution in [0.4, 0.5) is 17.2 Å². The highest BCUT2D eigenvalue weighted by Gasteiger charge is 2.20. The zero-order valence-electron chi connectivity index (χ0n) is 13.8. The van der Waals surface area contributed by atoms with E-state index in [1.165, 1.54) is 5.69 Å². The van der Waals surface area contributed by atoms with Gasteiger partial charge in [-0.15, -0.1) is 0 Å². The van der Waals surface area contributed by atoms with Crippen LogP contribution in [0.2, 0.25) is 0 Å². The van der Waals surface area contributed by atoms with E-state index in [-0.39, 0.29) is 6.04 Å². The number of carbonyl (C=O) groups is 1. The van der Waals surface area contributed by atoms with Gasteiger partial charge in [-0.05, 0) is 48.2 Å². The maximum absolute atomic E-state index is 11.4. The molecular weight excluding hydrogens is 316 g/mol. The van der Waals surface area contributed by atoms with Gasteiger partial charge >= 0.3 is 0 Å². The van der Waals surface area contributed by atoms with Crippen LogP contribution < -0.4 is 15.5 Å². The van der Waals surface area contributed by atoms with E-state index in [0.717, 1.165) is 49.4 Å². The van der Waals surface area contributed by atoms with Gasteiger partial charge in [0.15, 0.2) is 0 Å². The highest BCUT2D eigenvalue weighted by atomic mass is 16.5. The Hall–Kier alpha value is -2.86. The number of anilines is 3. The fourth-order valence-electron chi connectivity index (χ4n) is 3.21. The first-order valence-electron chi connectivity index (χ1n) is 8.42. The molecule has 2 aromatic rings. The van der Waals surface area contributed by atoms with E-state index in [1.54, 1.807) is 12.4 Å². The molecule has 1 atom stereocenters. The van der Waals surface area contributed by atoms with E-state index in [9.17, 15) is 4.79 Å². The smallest absolute Gasteiger partial charge is 0.146 e. The molecular formula is C19H20N4O2. The predicted molar refractivity (Wildman–Crippen MR) is 98.0 cm³/mol. The number of ether oxygens (including phenoxy) is 1. The summed E-state index contributed by atoms with van der Waals surface area (Å²) in [4.78, 5) is 18.1. The van der Waals surface area contributed by atoms with E-state index in [0.29, 0.717) is 5.82 Å². The van der Waals surface area contributed by atoms with Crippen LogP contribution >= 0.6 is 0 Å². The van der Waals surface area contributed by atoms with Gasteiger partial charge in [0.1, 0.15) is 18.1 Å². The Bertz CT molecular complexity index is 783. The minimum Gasteiger partial charge on any atom is -0.378 e. The molecule has 6 nitrogen and oxygen atoms in total. The van der Waals surface area contributed by atoms with Crippen LogP contribution in [-0.4, -0.2) is 37.6 Å². The second-order valence-corrected chi connectivity index (χ2v) is 6.05. The monoisotopic (exact) mass is 336 g/mol. The molecule has 1 saturated heterocycles. The van der Waals surface area contributed by atoms with E-state index in [1.807, 2.05) is 24.3 Å². The largest absolute Gasteiger partial charge is 0.378 e. The number of hydrogen-bond donors (Lipinski definition) is 2. The Morgan fingerprint density at radius 1 is 1.20 bits per heavy atom. The molecule has 1 aromatic heterocycles. The summed E-state index contributed by atoms with van der Waals surface area (Å²) in [5.74, 6) is 0.700. The Balaban J connectivity index is 1.56. The highest BCUT2D eigenvalue weighted by molar-refractivity contribution is 5.76. The lowest BCUT2D eigenvalue weighted by molar-refractivity contribution is -0.109. The molecule has 0 radical (unpaired) electrons. The van der Waals surface area contributed by atoms with Crippen LogP contribution in [0, 0.1) is 0 Å². The summed E-state index contributed by atoms with van der Waals surface area (Å²) in [5, 5.41) is 6.40. The number of pyridine rings is 1. The van der Waals surface area contributed by atoms with Crippen molar-refractivity contribution in [2.75, 3.05) is 36.5 Å². The Labute approximate surface area is 146 Å².